The minimum Gasteiger partial charge on any atom is -0.467 e. The number of benzene rings is 1. The van der Waals surface area contributed by atoms with Gasteiger partial charge in [0.2, 0.25) is 5.91 Å². The topological polar surface area (TPSA) is 55.8 Å². The van der Waals surface area contributed by atoms with Gasteiger partial charge in [0.25, 0.3) is 0 Å². The van der Waals surface area contributed by atoms with Crippen molar-refractivity contribution in [1.29, 1.82) is 0 Å². The second-order valence-electron chi connectivity index (χ2n) is 5.13. The second kappa shape index (κ2) is 7.22. The molecule has 0 aliphatic carbocycles. The molecule has 1 saturated heterocycles. The summed E-state index contributed by atoms with van der Waals surface area (Å²) in [6.45, 7) is 3.14. The Labute approximate surface area is 124 Å². The molecule has 0 N–H and O–H groups in total. The highest BCUT2D eigenvalue weighted by Crippen LogP contribution is 2.14. The van der Waals surface area contributed by atoms with Gasteiger partial charge < -0.3 is 14.4 Å². The van der Waals surface area contributed by atoms with Crippen molar-refractivity contribution in [2.45, 2.75) is 25.8 Å². The summed E-state index contributed by atoms with van der Waals surface area (Å²) in [6.07, 6.45) is 1.06. The fourth-order valence-electron chi connectivity index (χ4n) is 2.51. The molecule has 2 rings (SSSR count). The van der Waals surface area contributed by atoms with E-state index in [2.05, 4.69) is 0 Å². The highest BCUT2D eigenvalue weighted by atomic mass is 16.5. The van der Waals surface area contributed by atoms with Crippen LogP contribution >= 0.6 is 0 Å². The third kappa shape index (κ3) is 3.82. The number of aryl methyl sites for hydroxylation is 2. The number of hydrogen-bond donors (Lipinski definition) is 0. The van der Waals surface area contributed by atoms with Crippen LogP contribution in [0.1, 0.15) is 17.5 Å². The van der Waals surface area contributed by atoms with Crippen LogP contribution in [0.25, 0.3) is 0 Å². The van der Waals surface area contributed by atoms with Crippen LogP contribution in [0.3, 0.4) is 0 Å². The summed E-state index contributed by atoms with van der Waals surface area (Å²) in [6, 6.07) is 7.40. The van der Waals surface area contributed by atoms with E-state index in [0.29, 0.717) is 26.0 Å². The van der Waals surface area contributed by atoms with Crippen molar-refractivity contribution in [3.8, 4) is 0 Å². The first-order valence-corrected chi connectivity index (χ1v) is 7.13. The SMILES string of the molecule is COC(=O)C1COCCN1C(=O)CCc1ccccc1C. The average Bonchev–Trinajstić information content (AvgIpc) is 2.53. The van der Waals surface area contributed by atoms with Gasteiger partial charge in [-0.1, -0.05) is 24.3 Å². The minimum atomic E-state index is -0.617. The van der Waals surface area contributed by atoms with Crippen LogP contribution in [-0.2, 0) is 25.5 Å². The van der Waals surface area contributed by atoms with E-state index in [-0.39, 0.29) is 12.5 Å². The summed E-state index contributed by atoms with van der Waals surface area (Å²) >= 11 is 0. The van der Waals surface area contributed by atoms with Crippen LogP contribution in [0.5, 0.6) is 0 Å². The number of carbonyl (C=O) groups is 2. The van der Waals surface area contributed by atoms with E-state index in [0.717, 1.165) is 5.56 Å². The number of methoxy groups -OCH3 is 1. The molecular weight excluding hydrogens is 270 g/mol. The Morgan fingerprint density at radius 3 is 2.86 bits per heavy atom. The first-order valence-electron chi connectivity index (χ1n) is 7.13. The van der Waals surface area contributed by atoms with E-state index in [9.17, 15) is 9.59 Å². The van der Waals surface area contributed by atoms with E-state index in [4.69, 9.17) is 9.47 Å². The molecule has 1 heterocycles. The molecule has 0 spiro atoms. The summed E-state index contributed by atoms with van der Waals surface area (Å²) in [4.78, 5) is 25.7. The van der Waals surface area contributed by atoms with Gasteiger partial charge >= 0.3 is 5.97 Å². The number of carbonyl (C=O) groups excluding carboxylic acids is 2. The lowest BCUT2D eigenvalue weighted by Gasteiger charge is -2.33. The van der Waals surface area contributed by atoms with E-state index in [1.165, 1.54) is 12.7 Å². The molecule has 114 valence electrons. The molecule has 0 bridgehead atoms. The maximum atomic E-state index is 12.4. The van der Waals surface area contributed by atoms with Gasteiger partial charge in [0.1, 0.15) is 0 Å². The summed E-state index contributed by atoms with van der Waals surface area (Å²) < 4.78 is 10.0. The maximum Gasteiger partial charge on any atom is 0.331 e. The van der Waals surface area contributed by atoms with Gasteiger partial charge in [0.05, 0.1) is 20.3 Å². The lowest BCUT2D eigenvalue weighted by molar-refractivity contribution is -0.160. The molecule has 5 heteroatoms. The number of amides is 1. The summed E-state index contributed by atoms with van der Waals surface area (Å²) in [5.74, 6) is -0.448. The van der Waals surface area contributed by atoms with Crippen molar-refractivity contribution in [3.63, 3.8) is 0 Å². The molecule has 1 aliphatic rings. The quantitative estimate of drug-likeness (QED) is 0.785. The van der Waals surface area contributed by atoms with Crippen LogP contribution in [0, 0.1) is 6.92 Å². The lowest BCUT2D eigenvalue weighted by Crippen LogP contribution is -2.53. The molecule has 1 aliphatic heterocycles. The number of esters is 1. The van der Waals surface area contributed by atoms with Crippen molar-refractivity contribution in [2.24, 2.45) is 0 Å². The molecule has 0 saturated carbocycles. The standard InChI is InChI=1S/C16H21NO4/c1-12-5-3-4-6-13(12)7-8-15(18)17-9-10-21-11-14(17)16(19)20-2/h3-6,14H,7-11H2,1-2H3. The number of rotatable bonds is 4. The van der Waals surface area contributed by atoms with Crippen molar-refractivity contribution in [2.75, 3.05) is 26.9 Å². The van der Waals surface area contributed by atoms with E-state index in [1.807, 2.05) is 31.2 Å². The minimum absolute atomic E-state index is 0.0306. The Balaban J connectivity index is 1.98. The Hall–Kier alpha value is -1.88. The van der Waals surface area contributed by atoms with Crippen LogP contribution in [0.4, 0.5) is 0 Å². The predicted molar refractivity (Wildman–Crippen MR) is 77.8 cm³/mol. The van der Waals surface area contributed by atoms with Gasteiger partial charge in [0, 0.05) is 13.0 Å². The predicted octanol–water partition coefficient (Wildman–Crippen LogP) is 1.33. The maximum absolute atomic E-state index is 12.4. The van der Waals surface area contributed by atoms with Crippen molar-refractivity contribution in [3.05, 3.63) is 35.4 Å². The molecule has 5 nitrogen and oxygen atoms in total. The highest BCUT2D eigenvalue weighted by molar-refractivity contribution is 5.85. The van der Waals surface area contributed by atoms with Crippen LogP contribution in [0.2, 0.25) is 0 Å². The third-order valence-electron chi connectivity index (χ3n) is 3.79. The molecule has 1 aromatic rings. The van der Waals surface area contributed by atoms with E-state index < -0.39 is 12.0 Å². The smallest absolute Gasteiger partial charge is 0.331 e. The number of morpholine rings is 1. The largest absolute Gasteiger partial charge is 0.467 e. The molecule has 1 atom stereocenters. The number of nitrogens with zero attached hydrogens (tertiary/aromatic N) is 1. The second-order valence-corrected chi connectivity index (χ2v) is 5.13. The van der Waals surface area contributed by atoms with Gasteiger partial charge in [-0.3, -0.25) is 4.79 Å². The summed E-state index contributed by atoms with van der Waals surface area (Å²) in [5, 5.41) is 0. The van der Waals surface area contributed by atoms with Crippen molar-refractivity contribution < 1.29 is 19.1 Å². The van der Waals surface area contributed by atoms with Crippen LogP contribution in [0.15, 0.2) is 24.3 Å². The zero-order valence-electron chi connectivity index (χ0n) is 12.5. The lowest BCUT2D eigenvalue weighted by atomic mass is 10.0. The Morgan fingerprint density at radius 2 is 2.14 bits per heavy atom. The normalized spacial score (nSPS) is 18.4. The number of hydrogen-bond acceptors (Lipinski definition) is 4. The van der Waals surface area contributed by atoms with Gasteiger partial charge in [-0.05, 0) is 24.5 Å². The van der Waals surface area contributed by atoms with Gasteiger partial charge in [-0.15, -0.1) is 0 Å². The number of ether oxygens (including phenoxy) is 2. The Morgan fingerprint density at radius 1 is 1.38 bits per heavy atom. The van der Waals surface area contributed by atoms with Crippen molar-refractivity contribution in [1.82, 2.24) is 4.90 Å². The first kappa shape index (κ1) is 15.5. The zero-order valence-corrected chi connectivity index (χ0v) is 12.5. The molecule has 0 aromatic heterocycles. The van der Waals surface area contributed by atoms with E-state index in [1.54, 1.807) is 4.90 Å². The monoisotopic (exact) mass is 291 g/mol. The molecule has 1 aromatic carbocycles. The van der Waals surface area contributed by atoms with Crippen molar-refractivity contribution >= 4 is 11.9 Å². The fourth-order valence-corrected chi connectivity index (χ4v) is 2.51. The van der Waals surface area contributed by atoms with E-state index >= 15 is 0 Å². The molecule has 1 fully saturated rings. The zero-order chi connectivity index (χ0) is 15.2. The third-order valence-corrected chi connectivity index (χ3v) is 3.79. The van der Waals surface area contributed by atoms with Gasteiger partial charge in [-0.2, -0.15) is 0 Å². The Bertz CT molecular complexity index is 515. The summed E-state index contributed by atoms with van der Waals surface area (Å²) in [7, 11) is 1.33. The van der Waals surface area contributed by atoms with Crippen LogP contribution in [-0.4, -0.2) is 49.7 Å². The molecule has 1 amide bonds. The Kier molecular flexibility index (Phi) is 5.33. The van der Waals surface area contributed by atoms with Gasteiger partial charge in [0.15, 0.2) is 6.04 Å². The molecule has 0 radical (unpaired) electrons. The van der Waals surface area contributed by atoms with Crippen LogP contribution < -0.4 is 0 Å². The molecular formula is C16H21NO4. The average molecular weight is 291 g/mol. The highest BCUT2D eigenvalue weighted by Gasteiger charge is 2.33. The fraction of sp³-hybridized carbons (Fsp3) is 0.500. The molecule has 1 unspecified atom stereocenters. The molecule has 21 heavy (non-hydrogen) atoms. The summed E-state index contributed by atoms with van der Waals surface area (Å²) in [5.41, 5.74) is 2.34. The first-order chi connectivity index (χ1) is 10.1. The van der Waals surface area contributed by atoms with Gasteiger partial charge in [-0.25, -0.2) is 4.79 Å².